The number of oxazole rings is 1. The van der Waals surface area contributed by atoms with Crippen molar-refractivity contribution < 1.29 is 8.63 Å². The van der Waals surface area contributed by atoms with Crippen molar-refractivity contribution in [1.29, 1.82) is 5.26 Å². The number of nitrogens with zero attached hydrogens (tertiary/aromatic N) is 2. The third-order valence-electron chi connectivity index (χ3n) is 3.27. The van der Waals surface area contributed by atoms with Gasteiger partial charge in [0.25, 0.3) is 5.22 Å². The number of nitrogens with two attached hydrogens (primary N) is 1. The van der Waals surface area contributed by atoms with Gasteiger partial charge in [-0.05, 0) is 44.9 Å². The van der Waals surface area contributed by atoms with E-state index in [4.69, 9.17) is 15.4 Å². The first-order valence-electron chi connectivity index (χ1n) is 6.87. The highest BCUT2D eigenvalue weighted by molar-refractivity contribution is 7.84. The van der Waals surface area contributed by atoms with Crippen LogP contribution in [0.15, 0.2) is 27.8 Å². The van der Waals surface area contributed by atoms with Crippen molar-refractivity contribution in [2.45, 2.75) is 38.3 Å². The zero-order valence-electron chi connectivity index (χ0n) is 12.3. The van der Waals surface area contributed by atoms with Gasteiger partial charge in [0.05, 0.1) is 11.5 Å². The van der Waals surface area contributed by atoms with Crippen molar-refractivity contribution in [1.82, 2.24) is 4.98 Å². The van der Waals surface area contributed by atoms with Crippen LogP contribution in [0.3, 0.4) is 0 Å². The number of unbranched alkanes of at least 4 members (excludes halogenated alkanes) is 1. The Bertz CT molecular complexity index is 700. The van der Waals surface area contributed by atoms with Crippen LogP contribution in [-0.4, -0.2) is 14.9 Å². The Morgan fingerprint density at radius 1 is 1.43 bits per heavy atom. The van der Waals surface area contributed by atoms with Gasteiger partial charge in [0, 0.05) is 11.4 Å². The molecule has 0 saturated carbocycles. The van der Waals surface area contributed by atoms with Crippen LogP contribution in [-0.2, 0) is 10.8 Å². The summed E-state index contributed by atoms with van der Waals surface area (Å²) >= 11 is 0. The van der Waals surface area contributed by atoms with Gasteiger partial charge in [-0.25, -0.2) is 9.19 Å². The highest BCUT2D eigenvalue weighted by atomic mass is 32.2. The maximum Gasteiger partial charge on any atom is 0.287 e. The smallest absolute Gasteiger partial charge is 0.287 e. The number of aromatic nitrogens is 1. The maximum absolute atomic E-state index is 12.2. The van der Waals surface area contributed by atoms with Gasteiger partial charge in [-0.15, -0.1) is 0 Å². The average molecular weight is 305 g/mol. The maximum atomic E-state index is 12.2. The van der Waals surface area contributed by atoms with Crippen molar-refractivity contribution in [3.8, 4) is 6.07 Å². The molecule has 0 spiro atoms. The molecule has 0 saturated heterocycles. The lowest BCUT2D eigenvalue weighted by atomic mass is 9.89. The molecule has 0 aliphatic rings. The second kappa shape index (κ2) is 6.27. The van der Waals surface area contributed by atoms with E-state index in [0.29, 0.717) is 22.5 Å². The Hall–Kier alpha value is -1.87. The van der Waals surface area contributed by atoms with Crippen molar-refractivity contribution in [2.24, 2.45) is 5.41 Å². The molecule has 0 fully saturated rings. The lowest BCUT2D eigenvalue weighted by Crippen LogP contribution is -2.08. The molecule has 1 aromatic carbocycles. The summed E-state index contributed by atoms with van der Waals surface area (Å²) in [5.41, 5.74) is 7.18. The van der Waals surface area contributed by atoms with Gasteiger partial charge in [-0.1, -0.05) is 6.42 Å². The van der Waals surface area contributed by atoms with Crippen molar-refractivity contribution in [3.05, 3.63) is 18.2 Å². The lowest BCUT2D eigenvalue weighted by molar-refractivity contribution is 0.431. The first-order valence-corrected chi connectivity index (χ1v) is 8.19. The molecule has 1 atom stereocenters. The number of hydrogen-bond donors (Lipinski definition) is 1. The van der Waals surface area contributed by atoms with Crippen LogP contribution in [0.25, 0.3) is 11.1 Å². The summed E-state index contributed by atoms with van der Waals surface area (Å²) < 4.78 is 17.6. The Balaban J connectivity index is 1.92. The minimum absolute atomic E-state index is 0.246. The Morgan fingerprint density at radius 3 is 2.90 bits per heavy atom. The zero-order valence-corrected chi connectivity index (χ0v) is 13.1. The van der Waals surface area contributed by atoms with Crippen LogP contribution in [0.2, 0.25) is 0 Å². The van der Waals surface area contributed by atoms with E-state index >= 15 is 0 Å². The Morgan fingerprint density at radius 2 is 2.19 bits per heavy atom. The highest BCUT2D eigenvalue weighted by Gasteiger charge is 2.17. The zero-order chi connectivity index (χ0) is 15.5. The fraction of sp³-hybridized carbons (Fsp3) is 0.467. The summed E-state index contributed by atoms with van der Waals surface area (Å²) in [6.07, 6.45) is 2.43. The molecule has 0 amide bonds. The molecule has 2 aromatic rings. The number of anilines is 1. The van der Waals surface area contributed by atoms with E-state index in [-0.39, 0.29) is 10.6 Å². The first kappa shape index (κ1) is 15.5. The fourth-order valence-electron chi connectivity index (χ4n) is 1.96. The standard InChI is InChI=1S/C15H19N3O2S/c1-15(2,10-16)7-3-4-8-21(19)14-18-12-9-11(17)5-6-13(12)20-14/h5-6,9H,3-4,7-8,17H2,1-2H3. The van der Waals surface area contributed by atoms with Gasteiger partial charge < -0.3 is 10.2 Å². The number of nitrogen functional groups attached to an aromatic ring is 1. The van der Waals surface area contributed by atoms with Crippen LogP contribution in [0, 0.1) is 16.7 Å². The van der Waals surface area contributed by atoms with Gasteiger partial charge in [0.1, 0.15) is 16.3 Å². The Kier molecular flexibility index (Phi) is 4.63. The first-order chi connectivity index (χ1) is 9.91. The van der Waals surface area contributed by atoms with Crippen LogP contribution < -0.4 is 5.73 Å². The molecule has 0 bridgehead atoms. The highest BCUT2D eigenvalue weighted by Crippen LogP contribution is 2.23. The summed E-state index contributed by atoms with van der Waals surface area (Å²) in [7, 11) is -1.25. The average Bonchev–Trinajstić information content (AvgIpc) is 2.86. The molecule has 0 aliphatic heterocycles. The predicted octanol–water partition coefficient (Wildman–Crippen LogP) is 3.24. The molecule has 1 unspecified atom stereocenters. The molecule has 0 aliphatic carbocycles. The third-order valence-corrected chi connectivity index (χ3v) is 4.49. The third kappa shape index (κ3) is 4.05. The minimum Gasteiger partial charge on any atom is -0.430 e. The van der Waals surface area contributed by atoms with E-state index in [0.717, 1.165) is 19.3 Å². The quantitative estimate of drug-likeness (QED) is 0.653. The number of rotatable bonds is 6. The van der Waals surface area contributed by atoms with Crippen molar-refractivity contribution in [3.63, 3.8) is 0 Å². The summed E-state index contributed by atoms with van der Waals surface area (Å²) in [6.45, 7) is 3.82. The normalized spacial score (nSPS) is 13.2. The lowest BCUT2D eigenvalue weighted by Gasteiger charge is -2.13. The van der Waals surface area contributed by atoms with Gasteiger partial charge >= 0.3 is 0 Å². The molecule has 5 nitrogen and oxygen atoms in total. The van der Waals surface area contributed by atoms with Crippen LogP contribution in [0.5, 0.6) is 0 Å². The summed E-state index contributed by atoms with van der Waals surface area (Å²) in [4.78, 5) is 4.22. The van der Waals surface area contributed by atoms with Gasteiger partial charge in [0.2, 0.25) is 0 Å². The van der Waals surface area contributed by atoms with Gasteiger partial charge in [0.15, 0.2) is 5.58 Å². The molecular formula is C15H19N3O2S. The van der Waals surface area contributed by atoms with Crippen molar-refractivity contribution >= 4 is 27.6 Å². The fourth-order valence-corrected chi connectivity index (χ4v) is 2.99. The molecule has 6 heteroatoms. The molecule has 0 radical (unpaired) electrons. The van der Waals surface area contributed by atoms with Gasteiger partial charge in [-0.3, -0.25) is 0 Å². The monoisotopic (exact) mass is 305 g/mol. The van der Waals surface area contributed by atoms with Crippen LogP contribution in [0.1, 0.15) is 33.1 Å². The molecule has 2 N–H and O–H groups in total. The van der Waals surface area contributed by atoms with E-state index < -0.39 is 10.8 Å². The van der Waals surface area contributed by atoms with Gasteiger partial charge in [-0.2, -0.15) is 5.26 Å². The second-order valence-corrected chi connectivity index (χ2v) is 7.16. The SMILES string of the molecule is CC(C)(C#N)CCCCS(=O)c1nc2cc(N)ccc2o1. The largest absolute Gasteiger partial charge is 0.430 e. The Labute approximate surface area is 126 Å². The van der Waals surface area contributed by atoms with Crippen LogP contribution >= 0.6 is 0 Å². The number of hydrogen-bond acceptors (Lipinski definition) is 5. The van der Waals surface area contributed by atoms with E-state index in [1.807, 2.05) is 13.8 Å². The van der Waals surface area contributed by atoms with E-state index in [2.05, 4.69) is 11.1 Å². The summed E-state index contributed by atoms with van der Waals surface area (Å²) in [5, 5.41) is 9.18. The van der Waals surface area contributed by atoms with E-state index in [9.17, 15) is 4.21 Å². The topological polar surface area (TPSA) is 92.9 Å². The number of nitriles is 1. The number of fused-ring (bicyclic) bond motifs is 1. The molecule has 21 heavy (non-hydrogen) atoms. The predicted molar refractivity (Wildman–Crippen MR) is 82.9 cm³/mol. The second-order valence-electron chi connectivity index (χ2n) is 5.71. The van der Waals surface area contributed by atoms with E-state index in [1.54, 1.807) is 18.2 Å². The number of benzene rings is 1. The summed E-state index contributed by atoms with van der Waals surface area (Å²) in [6, 6.07) is 7.43. The molecule has 1 aromatic heterocycles. The van der Waals surface area contributed by atoms with Crippen LogP contribution in [0.4, 0.5) is 5.69 Å². The molecule has 2 rings (SSSR count). The minimum atomic E-state index is -1.25. The molecule has 1 heterocycles. The summed E-state index contributed by atoms with van der Waals surface area (Å²) in [5.74, 6) is 0.490. The molecule has 112 valence electrons. The van der Waals surface area contributed by atoms with E-state index in [1.165, 1.54) is 0 Å². The van der Waals surface area contributed by atoms with Crippen molar-refractivity contribution in [2.75, 3.05) is 11.5 Å². The molecular weight excluding hydrogens is 286 g/mol.